The van der Waals surface area contributed by atoms with Gasteiger partial charge in [0.25, 0.3) is 0 Å². The lowest BCUT2D eigenvalue weighted by Crippen LogP contribution is -2.32. The number of anilines is 2. The summed E-state index contributed by atoms with van der Waals surface area (Å²) in [5.41, 5.74) is 10.4. The summed E-state index contributed by atoms with van der Waals surface area (Å²) in [4.78, 5) is 39.2. The molecule has 1 aliphatic heterocycles. The molecule has 0 spiro atoms. The zero-order chi connectivity index (χ0) is 25.9. The van der Waals surface area contributed by atoms with Crippen molar-refractivity contribution in [1.82, 2.24) is 9.78 Å². The highest BCUT2D eigenvalue weighted by Crippen LogP contribution is 2.45. The van der Waals surface area contributed by atoms with Crippen molar-refractivity contribution in [3.8, 4) is 16.9 Å². The molecule has 0 fully saturated rings. The molecule has 9 heteroatoms. The molecule has 0 aliphatic carbocycles. The molecule has 0 radical (unpaired) electrons. The van der Waals surface area contributed by atoms with Gasteiger partial charge in [-0.05, 0) is 49.4 Å². The Labute approximate surface area is 218 Å². The van der Waals surface area contributed by atoms with E-state index in [-0.39, 0.29) is 23.8 Å². The van der Waals surface area contributed by atoms with Gasteiger partial charge in [0.1, 0.15) is 5.69 Å². The average molecular weight is 512 g/mol. The number of benzene rings is 3. The summed E-state index contributed by atoms with van der Waals surface area (Å²) in [7, 11) is 0. The van der Waals surface area contributed by atoms with Gasteiger partial charge in [-0.2, -0.15) is 5.10 Å². The predicted molar refractivity (Wildman–Crippen MR) is 145 cm³/mol. The van der Waals surface area contributed by atoms with Crippen LogP contribution in [0.15, 0.2) is 83.8 Å². The largest absolute Gasteiger partial charge is 0.326 e. The van der Waals surface area contributed by atoms with Crippen molar-refractivity contribution in [1.29, 1.82) is 0 Å². The average Bonchev–Trinajstić information content (AvgIpc) is 3.30. The maximum Gasteiger partial charge on any atom is 0.240 e. The van der Waals surface area contributed by atoms with Crippen molar-refractivity contribution in [3.05, 3.63) is 90.1 Å². The topological polar surface area (TPSA) is 119 Å². The molecule has 5 rings (SSSR count). The zero-order valence-electron chi connectivity index (χ0n) is 20.1. The standard InChI is InChI=1S/C28H25N5O3S/c1-17(29)28(36)31-19-12-13-24-21(14-19)27-22(16-37-24)26(32-33(27)20-10-6-3-7-11-20)23(34)15-25(35)30-18-8-4-2-5-9-18/h2-14,17H,15-16,29H2,1H3,(H,30,35)(H,31,36)/t17-/m0/s1. The minimum Gasteiger partial charge on any atom is -0.326 e. The van der Waals surface area contributed by atoms with E-state index < -0.39 is 11.9 Å². The molecule has 0 saturated heterocycles. The highest BCUT2D eigenvalue weighted by Gasteiger charge is 2.30. The van der Waals surface area contributed by atoms with E-state index in [4.69, 9.17) is 10.8 Å². The Morgan fingerprint density at radius 1 is 0.973 bits per heavy atom. The molecule has 8 nitrogen and oxygen atoms in total. The van der Waals surface area contributed by atoms with Crippen molar-refractivity contribution in [2.45, 2.75) is 30.0 Å². The monoisotopic (exact) mass is 511 g/mol. The van der Waals surface area contributed by atoms with E-state index in [9.17, 15) is 14.4 Å². The van der Waals surface area contributed by atoms with Crippen molar-refractivity contribution in [2.75, 3.05) is 10.6 Å². The number of para-hydroxylation sites is 2. The van der Waals surface area contributed by atoms with Gasteiger partial charge in [0.05, 0.1) is 23.8 Å². The van der Waals surface area contributed by atoms with E-state index in [1.54, 1.807) is 35.5 Å². The summed E-state index contributed by atoms with van der Waals surface area (Å²) >= 11 is 1.58. The molecule has 2 heterocycles. The first kappa shape index (κ1) is 24.5. The van der Waals surface area contributed by atoms with Gasteiger partial charge >= 0.3 is 0 Å². The summed E-state index contributed by atoms with van der Waals surface area (Å²) in [6.07, 6.45) is -0.324. The molecule has 1 atom stereocenters. The number of carbonyl (C=O) groups excluding carboxylic acids is 3. The fourth-order valence-corrected chi connectivity index (χ4v) is 5.17. The van der Waals surface area contributed by atoms with Gasteiger partial charge in [-0.1, -0.05) is 36.4 Å². The predicted octanol–water partition coefficient (Wildman–Crippen LogP) is 4.64. The van der Waals surface area contributed by atoms with Crippen LogP contribution in [0.5, 0.6) is 0 Å². The Balaban J connectivity index is 1.53. The second-order valence-electron chi connectivity index (χ2n) is 8.71. The number of hydrogen-bond acceptors (Lipinski definition) is 6. The molecule has 0 saturated carbocycles. The molecule has 1 aliphatic rings. The second-order valence-corrected chi connectivity index (χ2v) is 9.73. The second kappa shape index (κ2) is 10.4. The quantitative estimate of drug-likeness (QED) is 0.246. The van der Waals surface area contributed by atoms with Crippen LogP contribution in [-0.4, -0.2) is 33.4 Å². The fourth-order valence-electron chi connectivity index (χ4n) is 4.12. The number of amides is 2. The van der Waals surface area contributed by atoms with Crippen LogP contribution in [0.3, 0.4) is 0 Å². The van der Waals surface area contributed by atoms with Crippen molar-refractivity contribution in [2.24, 2.45) is 5.73 Å². The van der Waals surface area contributed by atoms with Crippen LogP contribution in [0.25, 0.3) is 16.9 Å². The van der Waals surface area contributed by atoms with E-state index in [1.165, 1.54) is 0 Å². The number of hydrogen-bond donors (Lipinski definition) is 3. The lowest BCUT2D eigenvalue weighted by molar-refractivity contribution is -0.117. The Morgan fingerprint density at radius 3 is 2.38 bits per heavy atom. The van der Waals surface area contributed by atoms with Crippen molar-refractivity contribution < 1.29 is 14.4 Å². The Hall–Kier alpha value is -4.21. The van der Waals surface area contributed by atoms with E-state index in [1.807, 2.05) is 66.7 Å². The first-order valence-corrected chi connectivity index (χ1v) is 12.8. The van der Waals surface area contributed by atoms with Crippen LogP contribution in [0.4, 0.5) is 11.4 Å². The maximum atomic E-state index is 13.3. The number of nitrogens with one attached hydrogen (secondary N) is 2. The van der Waals surface area contributed by atoms with Crippen LogP contribution in [-0.2, 0) is 15.3 Å². The number of fused-ring (bicyclic) bond motifs is 3. The molecular weight excluding hydrogens is 486 g/mol. The summed E-state index contributed by atoms with van der Waals surface area (Å²) in [6.45, 7) is 1.62. The molecule has 1 aromatic heterocycles. The molecule has 37 heavy (non-hydrogen) atoms. The minimum absolute atomic E-state index is 0.269. The van der Waals surface area contributed by atoms with Crippen molar-refractivity contribution >= 4 is 40.7 Å². The third kappa shape index (κ3) is 5.18. The van der Waals surface area contributed by atoms with Gasteiger partial charge in [-0.15, -0.1) is 11.8 Å². The van der Waals surface area contributed by atoms with Gasteiger partial charge in [-0.25, -0.2) is 4.68 Å². The first-order chi connectivity index (χ1) is 17.9. The van der Waals surface area contributed by atoms with Gasteiger partial charge in [0.2, 0.25) is 11.8 Å². The normalized spacial score (nSPS) is 12.7. The Morgan fingerprint density at radius 2 is 1.68 bits per heavy atom. The zero-order valence-corrected chi connectivity index (χ0v) is 20.9. The number of nitrogens with two attached hydrogens (primary N) is 1. The number of nitrogens with zero attached hydrogens (tertiary/aromatic N) is 2. The van der Waals surface area contributed by atoms with E-state index in [0.29, 0.717) is 17.1 Å². The van der Waals surface area contributed by atoms with Crippen LogP contribution < -0.4 is 16.4 Å². The fraction of sp³-hybridized carbons (Fsp3) is 0.143. The van der Waals surface area contributed by atoms with Crippen molar-refractivity contribution in [3.63, 3.8) is 0 Å². The number of ketones is 1. The number of thioether (sulfide) groups is 1. The van der Waals surface area contributed by atoms with Crippen LogP contribution in [0, 0.1) is 0 Å². The molecule has 0 bridgehead atoms. The van der Waals surface area contributed by atoms with E-state index in [0.717, 1.165) is 27.4 Å². The maximum absolute atomic E-state index is 13.3. The first-order valence-electron chi connectivity index (χ1n) is 11.8. The van der Waals surface area contributed by atoms with Crippen LogP contribution in [0.1, 0.15) is 29.4 Å². The smallest absolute Gasteiger partial charge is 0.240 e. The third-order valence-corrected chi connectivity index (χ3v) is 7.01. The Bertz CT molecular complexity index is 1480. The Kier molecular flexibility index (Phi) is 6.89. The van der Waals surface area contributed by atoms with Crippen LogP contribution in [0.2, 0.25) is 0 Å². The lowest BCUT2D eigenvalue weighted by Gasteiger charge is -2.20. The molecule has 3 aromatic carbocycles. The summed E-state index contributed by atoms with van der Waals surface area (Å²) in [6, 6.07) is 23.5. The number of carbonyl (C=O) groups is 3. The lowest BCUT2D eigenvalue weighted by atomic mass is 10.0. The number of Topliss-reactive ketones (excluding diaryl/α,β-unsaturated/α-hetero) is 1. The molecular formula is C28H25N5O3S. The summed E-state index contributed by atoms with van der Waals surface area (Å²) in [5, 5.41) is 10.3. The SMILES string of the molecule is C[C@H](N)C(=O)Nc1ccc2c(c1)-c1c(c(C(=O)CC(=O)Nc3ccccc3)nn1-c1ccccc1)CS2. The molecule has 186 valence electrons. The summed E-state index contributed by atoms with van der Waals surface area (Å²) in [5.74, 6) is -0.517. The minimum atomic E-state index is -0.651. The van der Waals surface area contributed by atoms with Gasteiger partial charge in [-0.3, -0.25) is 14.4 Å². The molecule has 2 amide bonds. The van der Waals surface area contributed by atoms with E-state index >= 15 is 0 Å². The van der Waals surface area contributed by atoms with E-state index in [2.05, 4.69) is 10.6 Å². The number of aromatic nitrogens is 2. The van der Waals surface area contributed by atoms with Gasteiger partial charge in [0.15, 0.2) is 5.78 Å². The van der Waals surface area contributed by atoms with Gasteiger partial charge in [0, 0.05) is 33.2 Å². The van der Waals surface area contributed by atoms with Crippen LogP contribution >= 0.6 is 11.8 Å². The van der Waals surface area contributed by atoms with Gasteiger partial charge < -0.3 is 16.4 Å². The third-order valence-electron chi connectivity index (χ3n) is 5.91. The highest BCUT2D eigenvalue weighted by molar-refractivity contribution is 7.98. The highest BCUT2D eigenvalue weighted by atomic mass is 32.2. The summed E-state index contributed by atoms with van der Waals surface area (Å²) < 4.78 is 1.74. The number of rotatable bonds is 7. The molecule has 4 aromatic rings. The molecule has 4 N–H and O–H groups in total. The molecule has 0 unspecified atom stereocenters.